The van der Waals surface area contributed by atoms with Crippen LogP contribution < -0.4 is 4.57 Å². The van der Waals surface area contributed by atoms with Crippen molar-refractivity contribution in [2.45, 2.75) is 13.8 Å². The van der Waals surface area contributed by atoms with Crippen molar-refractivity contribution >= 4 is 44.9 Å². The maximum absolute atomic E-state index is 6.07. The molecule has 0 fully saturated rings. The van der Waals surface area contributed by atoms with Crippen LogP contribution in [0.5, 0.6) is 0 Å². The number of halogens is 2. The molecule has 122 valence electrons. The Labute approximate surface area is 160 Å². The van der Waals surface area contributed by atoms with E-state index in [-0.39, 0.29) is 17.0 Å². The molecule has 2 aromatic carbocycles. The number of nitrogens with zero attached hydrogens (tertiary/aromatic N) is 2. The molecule has 0 N–H and O–H groups in total. The highest BCUT2D eigenvalue weighted by Crippen LogP contribution is 2.28. The fraction of sp³-hybridized carbons (Fsp3) is 0.105. The SMILES string of the molecule is Br.Cc1csc2n1c(C)c(-c1ccccc1)[n+]2-c1ccc(Cl)cc1. The van der Waals surface area contributed by atoms with Gasteiger partial charge in [-0.05, 0) is 31.2 Å². The van der Waals surface area contributed by atoms with Crippen LogP contribution in [0.1, 0.15) is 11.4 Å². The zero-order chi connectivity index (χ0) is 16.0. The number of fused-ring (bicyclic) bond motifs is 1. The van der Waals surface area contributed by atoms with E-state index in [1.165, 1.54) is 27.6 Å². The van der Waals surface area contributed by atoms with Crippen LogP contribution in [0.25, 0.3) is 21.9 Å². The van der Waals surface area contributed by atoms with Crippen LogP contribution in [0, 0.1) is 13.8 Å². The summed E-state index contributed by atoms with van der Waals surface area (Å²) in [5.74, 6) is 0. The molecule has 0 bridgehead atoms. The second kappa shape index (κ2) is 6.71. The van der Waals surface area contributed by atoms with E-state index in [9.17, 15) is 0 Å². The zero-order valence-corrected chi connectivity index (χ0v) is 16.6. The fourth-order valence-electron chi connectivity index (χ4n) is 3.08. The lowest BCUT2D eigenvalue weighted by Gasteiger charge is -2.03. The smallest absolute Gasteiger partial charge is 0.186 e. The summed E-state index contributed by atoms with van der Waals surface area (Å²) in [5.41, 5.74) is 6.08. The molecule has 2 nitrogen and oxygen atoms in total. The Balaban J connectivity index is 0.00000169. The van der Waals surface area contributed by atoms with Crippen molar-refractivity contribution in [1.29, 1.82) is 0 Å². The molecular formula is C19H17BrClN2S+. The lowest BCUT2D eigenvalue weighted by atomic mass is 10.1. The highest BCUT2D eigenvalue weighted by molar-refractivity contribution is 8.93. The standard InChI is InChI=1S/C19H16ClN2S.BrH/c1-13-12-23-19-21(13)14(2)18(15-6-4-3-5-7-15)22(19)17-10-8-16(20)9-11-17;/h3-12H,1-2H3;1H/q+1;. The minimum atomic E-state index is 0. The fourth-order valence-corrected chi connectivity index (χ4v) is 4.28. The van der Waals surface area contributed by atoms with Gasteiger partial charge in [0.25, 0.3) is 0 Å². The van der Waals surface area contributed by atoms with Crippen LogP contribution in [0.2, 0.25) is 5.02 Å². The molecule has 4 rings (SSSR count). The molecule has 0 spiro atoms. The summed E-state index contributed by atoms with van der Waals surface area (Å²) in [6.07, 6.45) is 0. The third-order valence-corrected chi connectivity index (χ3v) is 5.39. The van der Waals surface area contributed by atoms with Gasteiger partial charge in [-0.2, -0.15) is 8.97 Å². The van der Waals surface area contributed by atoms with Gasteiger partial charge in [0, 0.05) is 22.9 Å². The number of hydrogen-bond donors (Lipinski definition) is 0. The number of benzene rings is 2. The minimum Gasteiger partial charge on any atom is -0.186 e. The Morgan fingerprint density at radius 3 is 2.29 bits per heavy atom. The van der Waals surface area contributed by atoms with E-state index in [2.05, 4.69) is 70.7 Å². The summed E-state index contributed by atoms with van der Waals surface area (Å²) >= 11 is 7.83. The minimum absolute atomic E-state index is 0. The normalized spacial score (nSPS) is 10.8. The van der Waals surface area contributed by atoms with Crippen molar-refractivity contribution in [3.63, 3.8) is 0 Å². The molecule has 0 aliphatic heterocycles. The Morgan fingerprint density at radius 2 is 1.62 bits per heavy atom. The summed E-state index contributed by atoms with van der Waals surface area (Å²) in [5, 5.41) is 2.95. The van der Waals surface area contributed by atoms with Crippen molar-refractivity contribution in [2.24, 2.45) is 0 Å². The molecule has 0 saturated heterocycles. The molecule has 5 heteroatoms. The lowest BCUT2D eigenvalue weighted by molar-refractivity contribution is -0.552. The van der Waals surface area contributed by atoms with Crippen molar-refractivity contribution < 1.29 is 4.57 Å². The maximum Gasteiger partial charge on any atom is 0.351 e. The van der Waals surface area contributed by atoms with Crippen LogP contribution >= 0.6 is 39.9 Å². The van der Waals surface area contributed by atoms with Crippen LogP contribution in [-0.4, -0.2) is 4.40 Å². The molecule has 0 amide bonds. The first-order valence-corrected chi connectivity index (χ1v) is 8.75. The van der Waals surface area contributed by atoms with Crippen LogP contribution in [0.15, 0.2) is 60.0 Å². The highest BCUT2D eigenvalue weighted by Gasteiger charge is 2.28. The maximum atomic E-state index is 6.07. The first kappa shape index (κ1) is 17.2. The topological polar surface area (TPSA) is 8.29 Å². The molecule has 24 heavy (non-hydrogen) atoms. The first-order valence-electron chi connectivity index (χ1n) is 7.49. The van der Waals surface area contributed by atoms with Gasteiger partial charge < -0.3 is 0 Å². The third kappa shape index (κ3) is 2.69. The van der Waals surface area contributed by atoms with Gasteiger partial charge in [0.2, 0.25) is 0 Å². The summed E-state index contributed by atoms with van der Waals surface area (Å²) in [6.45, 7) is 4.33. The van der Waals surface area contributed by atoms with Gasteiger partial charge in [-0.3, -0.25) is 0 Å². The van der Waals surface area contributed by atoms with Crippen molar-refractivity contribution in [2.75, 3.05) is 0 Å². The largest absolute Gasteiger partial charge is 0.351 e. The van der Waals surface area contributed by atoms with Crippen molar-refractivity contribution in [3.8, 4) is 16.9 Å². The summed E-state index contributed by atoms with van der Waals surface area (Å²) in [4.78, 5) is 1.21. The average molecular weight is 421 g/mol. The second-order valence-corrected chi connectivity index (χ2v) is 6.88. The van der Waals surface area contributed by atoms with E-state index >= 15 is 0 Å². The number of thiazole rings is 1. The Bertz CT molecular complexity index is 988. The third-order valence-electron chi connectivity index (χ3n) is 4.10. The molecule has 0 radical (unpaired) electrons. The van der Waals surface area contributed by atoms with Gasteiger partial charge in [-0.15, -0.1) is 17.0 Å². The number of aryl methyl sites for hydroxylation is 2. The van der Waals surface area contributed by atoms with E-state index < -0.39 is 0 Å². The molecule has 0 aliphatic rings. The first-order chi connectivity index (χ1) is 11.2. The Hall–Kier alpha value is -1.62. The molecule has 2 aromatic heterocycles. The number of rotatable bonds is 2. The van der Waals surface area contributed by atoms with E-state index in [4.69, 9.17) is 11.6 Å². The quantitative estimate of drug-likeness (QED) is 0.363. The van der Waals surface area contributed by atoms with Crippen LogP contribution in [-0.2, 0) is 0 Å². The predicted octanol–water partition coefficient (Wildman–Crippen LogP) is 5.79. The molecule has 4 aromatic rings. The number of hydrogen-bond acceptors (Lipinski definition) is 1. The monoisotopic (exact) mass is 419 g/mol. The number of imidazole rings is 1. The van der Waals surface area contributed by atoms with Gasteiger partial charge in [-0.1, -0.05) is 53.3 Å². The molecule has 0 aliphatic carbocycles. The lowest BCUT2D eigenvalue weighted by Crippen LogP contribution is -2.31. The number of aromatic nitrogens is 2. The second-order valence-electron chi connectivity index (χ2n) is 5.61. The molecule has 2 heterocycles. The van der Waals surface area contributed by atoms with E-state index in [0.29, 0.717) is 0 Å². The predicted molar refractivity (Wildman–Crippen MR) is 107 cm³/mol. The van der Waals surface area contributed by atoms with E-state index in [1.54, 1.807) is 11.3 Å². The zero-order valence-electron chi connectivity index (χ0n) is 13.4. The highest BCUT2D eigenvalue weighted by atomic mass is 79.9. The van der Waals surface area contributed by atoms with Crippen molar-refractivity contribution in [3.05, 3.63) is 76.4 Å². The molecule has 0 unspecified atom stereocenters. The summed E-state index contributed by atoms with van der Waals surface area (Å²) < 4.78 is 4.64. The van der Waals surface area contributed by atoms with Crippen molar-refractivity contribution in [1.82, 2.24) is 4.40 Å². The van der Waals surface area contributed by atoms with Gasteiger partial charge in [-0.25, -0.2) is 0 Å². The van der Waals surface area contributed by atoms with Gasteiger partial charge in [0.1, 0.15) is 11.4 Å². The summed E-state index contributed by atoms with van der Waals surface area (Å²) in [6, 6.07) is 18.6. The molecular weight excluding hydrogens is 404 g/mol. The average Bonchev–Trinajstić information content (AvgIpc) is 3.08. The van der Waals surface area contributed by atoms with Gasteiger partial charge in [0.15, 0.2) is 11.4 Å². The van der Waals surface area contributed by atoms with Gasteiger partial charge >= 0.3 is 4.96 Å². The van der Waals surface area contributed by atoms with Crippen LogP contribution in [0.4, 0.5) is 0 Å². The van der Waals surface area contributed by atoms with E-state index in [0.717, 1.165) is 10.7 Å². The van der Waals surface area contributed by atoms with E-state index in [1.807, 2.05) is 12.1 Å². The molecule has 0 atom stereocenters. The molecule has 0 saturated carbocycles. The van der Waals surface area contributed by atoms with Crippen LogP contribution in [0.3, 0.4) is 0 Å². The Kier molecular flexibility index (Phi) is 4.81. The Morgan fingerprint density at radius 1 is 0.958 bits per heavy atom. The van der Waals surface area contributed by atoms with Gasteiger partial charge in [0.05, 0.1) is 0 Å². The summed E-state index contributed by atoms with van der Waals surface area (Å²) in [7, 11) is 0.